The van der Waals surface area contributed by atoms with Crippen LogP contribution in [0.1, 0.15) is 12.2 Å². The van der Waals surface area contributed by atoms with Gasteiger partial charge in [0.1, 0.15) is 19.0 Å². The molecule has 0 bridgehead atoms. The number of nitrogens with zero attached hydrogens (tertiary/aromatic N) is 2. The molecule has 0 unspecified atom stereocenters. The fourth-order valence-corrected chi connectivity index (χ4v) is 2.46. The SMILES string of the molecule is FC(F)(F)COCCCSc1n[nH]c(COc2ccc(Cl)cc2)n1. The average molecular weight is 382 g/mol. The van der Waals surface area contributed by atoms with Crippen LogP contribution in [0.15, 0.2) is 29.4 Å². The first-order valence-electron chi connectivity index (χ1n) is 6.99. The summed E-state index contributed by atoms with van der Waals surface area (Å²) in [6, 6.07) is 6.93. The molecule has 0 saturated heterocycles. The summed E-state index contributed by atoms with van der Waals surface area (Å²) in [5, 5.41) is 7.89. The quantitative estimate of drug-likeness (QED) is 0.523. The molecule has 0 fully saturated rings. The van der Waals surface area contributed by atoms with Gasteiger partial charge in [-0.05, 0) is 30.7 Å². The topological polar surface area (TPSA) is 60.0 Å². The second-order valence-corrected chi connectivity index (χ2v) is 6.18. The third kappa shape index (κ3) is 7.41. The summed E-state index contributed by atoms with van der Waals surface area (Å²) >= 11 is 7.12. The number of thioether (sulfide) groups is 1. The predicted molar refractivity (Wildman–Crippen MR) is 84.4 cm³/mol. The van der Waals surface area contributed by atoms with Crippen molar-refractivity contribution in [1.82, 2.24) is 15.2 Å². The number of halogens is 4. The summed E-state index contributed by atoms with van der Waals surface area (Å²) in [5.41, 5.74) is 0. The van der Waals surface area contributed by atoms with Crippen molar-refractivity contribution in [1.29, 1.82) is 0 Å². The summed E-state index contributed by atoms with van der Waals surface area (Å²) in [6.45, 7) is -0.947. The number of ether oxygens (including phenoxy) is 2. The third-order valence-electron chi connectivity index (χ3n) is 2.63. The molecule has 1 N–H and O–H groups in total. The molecule has 24 heavy (non-hydrogen) atoms. The number of nitrogens with one attached hydrogen (secondary N) is 1. The largest absolute Gasteiger partial charge is 0.486 e. The van der Waals surface area contributed by atoms with Gasteiger partial charge in [-0.1, -0.05) is 23.4 Å². The maximum absolute atomic E-state index is 11.9. The molecule has 0 saturated carbocycles. The number of aromatic amines is 1. The van der Waals surface area contributed by atoms with Crippen LogP contribution in [0.4, 0.5) is 13.2 Å². The van der Waals surface area contributed by atoms with E-state index in [0.717, 1.165) is 0 Å². The van der Waals surface area contributed by atoms with Crippen LogP contribution in [0.2, 0.25) is 5.02 Å². The van der Waals surface area contributed by atoms with Gasteiger partial charge in [0.25, 0.3) is 0 Å². The molecule has 0 spiro atoms. The Labute approximate surface area is 145 Å². The number of benzene rings is 1. The molecule has 1 aromatic heterocycles. The van der Waals surface area contributed by atoms with Crippen LogP contribution in [0.5, 0.6) is 5.75 Å². The molecular weight excluding hydrogens is 367 g/mol. The monoisotopic (exact) mass is 381 g/mol. The van der Waals surface area contributed by atoms with Gasteiger partial charge in [0, 0.05) is 17.4 Å². The smallest absolute Gasteiger partial charge is 0.411 e. The zero-order valence-corrected chi connectivity index (χ0v) is 14.0. The molecule has 10 heteroatoms. The standard InChI is InChI=1S/C14H15ClF3N3O2S/c15-10-2-4-11(5-3-10)23-8-12-19-13(21-20-12)24-7-1-6-22-9-14(16,17)18/h2-5H,1,6-9H2,(H,19,20,21). The predicted octanol–water partition coefficient (Wildman–Crippen LogP) is 4.10. The highest BCUT2D eigenvalue weighted by molar-refractivity contribution is 7.99. The first kappa shape index (κ1) is 18.9. The van der Waals surface area contributed by atoms with Crippen LogP contribution < -0.4 is 4.74 Å². The van der Waals surface area contributed by atoms with Gasteiger partial charge in [-0.2, -0.15) is 13.2 Å². The highest BCUT2D eigenvalue weighted by Crippen LogP contribution is 2.18. The lowest BCUT2D eigenvalue weighted by atomic mass is 10.3. The molecule has 0 aliphatic rings. The van der Waals surface area contributed by atoms with Crippen molar-refractivity contribution in [3.05, 3.63) is 35.1 Å². The maximum atomic E-state index is 11.9. The van der Waals surface area contributed by atoms with Gasteiger partial charge in [-0.25, -0.2) is 4.98 Å². The van der Waals surface area contributed by atoms with Crippen molar-refractivity contribution < 1.29 is 22.6 Å². The van der Waals surface area contributed by atoms with E-state index in [1.165, 1.54) is 11.8 Å². The van der Waals surface area contributed by atoms with Crippen LogP contribution in [-0.4, -0.2) is 40.3 Å². The highest BCUT2D eigenvalue weighted by atomic mass is 35.5. The van der Waals surface area contributed by atoms with Crippen LogP contribution in [-0.2, 0) is 11.3 Å². The summed E-state index contributed by atoms with van der Waals surface area (Å²) in [5.74, 6) is 1.78. The summed E-state index contributed by atoms with van der Waals surface area (Å²) in [7, 11) is 0. The zero-order valence-electron chi connectivity index (χ0n) is 12.5. The van der Waals surface area contributed by atoms with Gasteiger partial charge < -0.3 is 9.47 Å². The van der Waals surface area contributed by atoms with Crippen molar-refractivity contribution in [3.63, 3.8) is 0 Å². The lowest BCUT2D eigenvalue weighted by Gasteiger charge is -2.06. The van der Waals surface area contributed by atoms with Gasteiger partial charge >= 0.3 is 6.18 Å². The second-order valence-electron chi connectivity index (χ2n) is 4.68. The van der Waals surface area contributed by atoms with E-state index in [0.29, 0.717) is 33.9 Å². The lowest BCUT2D eigenvalue weighted by Crippen LogP contribution is -2.17. The van der Waals surface area contributed by atoms with Crippen molar-refractivity contribution in [2.75, 3.05) is 19.0 Å². The number of H-pyrrole nitrogens is 1. The Balaban J connectivity index is 1.63. The minimum absolute atomic E-state index is 0.0451. The first-order valence-corrected chi connectivity index (χ1v) is 8.36. The molecule has 2 aromatic rings. The molecule has 2 rings (SSSR count). The third-order valence-corrected chi connectivity index (χ3v) is 3.82. The molecule has 1 heterocycles. The number of rotatable bonds is 9. The lowest BCUT2D eigenvalue weighted by molar-refractivity contribution is -0.173. The second kappa shape index (κ2) is 9.14. The number of alkyl halides is 3. The minimum Gasteiger partial charge on any atom is -0.486 e. The van der Waals surface area contributed by atoms with Crippen LogP contribution in [0.3, 0.4) is 0 Å². The van der Waals surface area contributed by atoms with Crippen molar-refractivity contribution in [2.24, 2.45) is 0 Å². The van der Waals surface area contributed by atoms with E-state index in [-0.39, 0.29) is 13.2 Å². The maximum Gasteiger partial charge on any atom is 0.411 e. The van der Waals surface area contributed by atoms with Gasteiger partial charge in [0.15, 0.2) is 5.82 Å². The van der Waals surface area contributed by atoms with E-state index in [1.54, 1.807) is 24.3 Å². The highest BCUT2D eigenvalue weighted by Gasteiger charge is 2.27. The van der Waals surface area contributed by atoms with Gasteiger partial charge in [-0.3, -0.25) is 5.10 Å². The van der Waals surface area contributed by atoms with E-state index in [9.17, 15) is 13.2 Å². The normalized spacial score (nSPS) is 11.7. The number of aromatic nitrogens is 3. The average Bonchev–Trinajstić information content (AvgIpc) is 2.97. The summed E-state index contributed by atoms with van der Waals surface area (Å²) in [6.07, 6.45) is -3.80. The van der Waals surface area contributed by atoms with Crippen molar-refractivity contribution in [2.45, 2.75) is 24.4 Å². The van der Waals surface area contributed by atoms with E-state index in [4.69, 9.17) is 16.3 Å². The van der Waals surface area contributed by atoms with E-state index < -0.39 is 12.8 Å². The fourth-order valence-electron chi connectivity index (χ4n) is 1.60. The van der Waals surface area contributed by atoms with Gasteiger partial charge in [-0.15, -0.1) is 5.10 Å². The Morgan fingerprint density at radius 3 is 2.67 bits per heavy atom. The fraction of sp³-hybridized carbons (Fsp3) is 0.429. The molecule has 0 aliphatic carbocycles. The van der Waals surface area contributed by atoms with Crippen LogP contribution >= 0.6 is 23.4 Å². The van der Waals surface area contributed by atoms with Gasteiger partial charge in [0.05, 0.1) is 0 Å². The number of hydrogen-bond acceptors (Lipinski definition) is 5. The summed E-state index contributed by atoms with van der Waals surface area (Å²) < 4.78 is 45.7. The number of hydrogen-bond donors (Lipinski definition) is 1. The Bertz CT molecular complexity index is 622. The molecule has 0 aliphatic heterocycles. The Hall–Kier alpha value is -1.45. The molecule has 0 radical (unpaired) electrons. The molecule has 132 valence electrons. The van der Waals surface area contributed by atoms with E-state index in [2.05, 4.69) is 19.9 Å². The molecule has 1 aromatic carbocycles. The Morgan fingerprint density at radius 2 is 1.96 bits per heavy atom. The Morgan fingerprint density at radius 1 is 1.21 bits per heavy atom. The Kier molecular flexibility index (Phi) is 7.19. The molecule has 0 atom stereocenters. The first-order chi connectivity index (χ1) is 11.4. The zero-order chi connectivity index (χ0) is 17.4. The molecule has 0 amide bonds. The van der Waals surface area contributed by atoms with E-state index >= 15 is 0 Å². The molecular formula is C14H15ClF3N3O2S. The minimum atomic E-state index is -4.28. The summed E-state index contributed by atoms with van der Waals surface area (Å²) in [4.78, 5) is 4.22. The van der Waals surface area contributed by atoms with Crippen LogP contribution in [0, 0.1) is 0 Å². The van der Waals surface area contributed by atoms with Gasteiger partial charge in [0.2, 0.25) is 5.16 Å². The van der Waals surface area contributed by atoms with Crippen molar-refractivity contribution >= 4 is 23.4 Å². The van der Waals surface area contributed by atoms with Crippen LogP contribution in [0.25, 0.3) is 0 Å². The van der Waals surface area contributed by atoms with E-state index in [1.807, 2.05) is 0 Å². The van der Waals surface area contributed by atoms with Crippen molar-refractivity contribution in [3.8, 4) is 5.75 Å². The molecule has 5 nitrogen and oxygen atoms in total.